The number of hydrogen-bond acceptors (Lipinski definition) is 5. The Labute approximate surface area is 348 Å². The van der Waals surface area contributed by atoms with Gasteiger partial charge in [-0.1, -0.05) is 121 Å². The molecule has 0 bridgehead atoms. The normalized spacial score (nSPS) is 14.3. The third-order valence-corrected chi connectivity index (χ3v) is 12.1. The van der Waals surface area contributed by atoms with Crippen molar-refractivity contribution in [1.29, 1.82) is 0 Å². The van der Waals surface area contributed by atoms with Gasteiger partial charge in [0.2, 0.25) is 0 Å². The van der Waals surface area contributed by atoms with E-state index in [1.165, 1.54) is 11.1 Å². The van der Waals surface area contributed by atoms with E-state index in [4.69, 9.17) is 8.83 Å². The second kappa shape index (κ2) is 14.1. The molecule has 5 nitrogen and oxygen atoms in total. The Balaban J connectivity index is 1.12. The average Bonchev–Trinajstić information content (AvgIpc) is 3.85. The van der Waals surface area contributed by atoms with Crippen LogP contribution in [-0.4, -0.2) is 5.11 Å². The van der Waals surface area contributed by atoms with E-state index < -0.39 is 0 Å². The minimum atomic E-state index is 0.0738. The molecule has 0 fully saturated rings. The quantitative estimate of drug-likeness (QED) is 0.175. The summed E-state index contributed by atoms with van der Waals surface area (Å²) in [5.41, 5.74) is 13.6. The number of aliphatic hydroxyl groups is 1. The molecule has 1 aliphatic carbocycles. The van der Waals surface area contributed by atoms with Crippen molar-refractivity contribution in [2.75, 3.05) is 9.80 Å². The summed E-state index contributed by atoms with van der Waals surface area (Å²) >= 11 is 0. The van der Waals surface area contributed by atoms with E-state index in [2.05, 4.69) is 188 Å². The Morgan fingerprint density at radius 3 is 1.88 bits per heavy atom. The van der Waals surface area contributed by atoms with Crippen LogP contribution in [0.5, 0.6) is 0 Å². The van der Waals surface area contributed by atoms with E-state index in [-0.39, 0.29) is 5.92 Å². The molecule has 290 valence electrons. The Morgan fingerprint density at radius 1 is 0.500 bits per heavy atom. The van der Waals surface area contributed by atoms with E-state index in [1.807, 2.05) is 18.2 Å². The molecule has 0 amide bonds. The maximum atomic E-state index is 11.2. The predicted octanol–water partition coefficient (Wildman–Crippen LogP) is 16.1. The first kappa shape index (κ1) is 35.6. The molecule has 8 aromatic carbocycles. The van der Waals surface area contributed by atoms with Crippen molar-refractivity contribution in [3.05, 3.63) is 198 Å². The molecule has 1 N–H and O–H groups in total. The fraction of sp³-hybridized carbons (Fsp3) is 0.0909. The van der Waals surface area contributed by atoms with Crippen LogP contribution in [0, 0.1) is 19.8 Å². The number of aliphatic hydroxyl groups excluding tert-OH is 1. The number of furan rings is 2. The molecule has 0 saturated carbocycles. The highest BCUT2D eigenvalue weighted by Gasteiger charge is 2.24. The molecule has 0 saturated heterocycles. The zero-order valence-corrected chi connectivity index (χ0v) is 33.7. The number of benzene rings is 8. The van der Waals surface area contributed by atoms with Crippen LogP contribution in [0.2, 0.25) is 0 Å². The molecule has 0 aliphatic heterocycles. The predicted molar refractivity (Wildman–Crippen MR) is 250 cm³/mol. The summed E-state index contributed by atoms with van der Waals surface area (Å²) in [5, 5.41) is 17.6. The van der Waals surface area contributed by atoms with Crippen molar-refractivity contribution in [2.24, 2.45) is 5.92 Å². The number of nitrogens with zero attached hydrogens (tertiary/aromatic N) is 2. The van der Waals surface area contributed by atoms with Gasteiger partial charge < -0.3 is 23.7 Å². The SMILES string of the molecule is Cc1ccc(N(c2cccc(C3=C(O)C(C)CC=C3)c2)c2cc3oc4ccc(N(c5ccc(C)cc5)c5cccc6c5oc5ccccc56)cc4c3c3ccccc23)cc1. The van der Waals surface area contributed by atoms with Crippen LogP contribution >= 0.6 is 0 Å². The van der Waals surface area contributed by atoms with E-state index in [0.717, 1.165) is 106 Å². The molecule has 11 rings (SSSR count). The molecule has 10 aromatic rings. The first-order valence-electron chi connectivity index (χ1n) is 20.6. The lowest BCUT2D eigenvalue weighted by Crippen LogP contribution is -2.11. The van der Waals surface area contributed by atoms with Gasteiger partial charge in [-0.15, -0.1) is 0 Å². The molecule has 1 aliphatic rings. The van der Waals surface area contributed by atoms with Crippen LogP contribution in [0.25, 0.3) is 60.2 Å². The van der Waals surface area contributed by atoms with Gasteiger partial charge in [-0.3, -0.25) is 0 Å². The third kappa shape index (κ3) is 5.84. The average molecular weight is 779 g/mol. The molecule has 2 aromatic heterocycles. The zero-order chi connectivity index (χ0) is 40.5. The first-order valence-corrected chi connectivity index (χ1v) is 20.6. The van der Waals surface area contributed by atoms with Crippen LogP contribution in [0.15, 0.2) is 191 Å². The zero-order valence-electron chi connectivity index (χ0n) is 33.7. The van der Waals surface area contributed by atoms with Gasteiger partial charge in [0.1, 0.15) is 22.5 Å². The number of anilines is 6. The Bertz CT molecular complexity index is 3350. The second-order valence-electron chi connectivity index (χ2n) is 16.1. The first-order chi connectivity index (χ1) is 29.4. The van der Waals surface area contributed by atoms with Crippen LogP contribution < -0.4 is 9.80 Å². The molecule has 60 heavy (non-hydrogen) atoms. The Kier molecular flexibility index (Phi) is 8.38. The standard InChI is InChI=1S/C55H42N2O3/c1-34-21-25-38(26-22-34)56(48-19-10-18-46-44-15-6-7-20-50(44)60-55(46)48)41-29-30-51-47(32-41)53-45-16-5-4-14-43(45)49(33-52(53)59-51)57(39-27-23-35(2)24-28-39)40-13-9-12-37(31-40)42-17-8-11-36(3)54(42)58/h4-10,12-33,36,58H,11H2,1-3H3. The summed E-state index contributed by atoms with van der Waals surface area (Å²) in [4.78, 5) is 4.60. The maximum absolute atomic E-state index is 11.2. The number of allylic oxidation sites excluding steroid dienone is 4. The molecule has 0 spiro atoms. The summed E-state index contributed by atoms with van der Waals surface area (Å²) in [5.74, 6) is 0.505. The summed E-state index contributed by atoms with van der Waals surface area (Å²) in [6, 6.07) is 57.7. The van der Waals surface area contributed by atoms with Crippen molar-refractivity contribution in [2.45, 2.75) is 27.2 Å². The van der Waals surface area contributed by atoms with Gasteiger partial charge in [-0.05, 0) is 97.9 Å². The Morgan fingerprint density at radius 2 is 1.12 bits per heavy atom. The molecule has 0 radical (unpaired) electrons. The molecule has 5 heteroatoms. The van der Waals surface area contributed by atoms with Crippen LogP contribution in [-0.2, 0) is 0 Å². The van der Waals surface area contributed by atoms with Gasteiger partial charge >= 0.3 is 0 Å². The van der Waals surface area contributed by atoms with Crippen LogP contribution in [0.3, 0.4) is 0 Å². The largest absolute Gasteiger partial charge is 0.511 e. The number of rotatable bonds is 7. The molecule has 2 heterocycles. The number of hydrogen-bond donors (Lipinski definition) is 1. The van der Waals surface area contributed by atoms with Gasteiger partial charge in [0.05, 0.1) is 11.4 Å². The minimum absolute atomic E-state index is 0.0738. The van der Waals surface area contributed by atoms with E-state index in [0.29, 0.717) is 5.76 Å². The lowest BCUT2D eigenvalue weighted by Gasteiger charge is -2.28. The van der Waals surface area contributed by atoms with Gasteiger partial charge in [-0.25, -0.2) is 0 Å². The van der Waals surface area contributed by atoms with E-state index >= 15 is 0 Å². The number of fused-ring (bicyclic) bond motifs is 8. The van der Waals surface area contributed by atoms with Crippen molar-refractivity contribution >= 4 is 94.3 Å². The number of para-hydroxylation sites is 2. The highest BCUT2D eigenvalue weighted by molar-refractivity contribution is 6.23. The fourth-order valence-corrected chi connectivity index (χ4v) is 8.99. The van der Waals surface area contributed by atoms with E-state index in [1.54, 1.807) is 0 Å². The summed E-state index contributed by atoms with van der Waals surface area (Å²) in [6.45, 7) is 6.30. The summed E-state index contributed by atoms with van der Waals surface area (Å²) < 4.78 is 13.5. The maximum Gasteiger partial charge on any atom is 0.159 e. The lowest BCUT2D eigenvalue weighted by molar-refractivity contribution is 0.343. The topological polar surface area (TPSA) is 53.0 Å². The number of aryl methyl sites for hydroxylation is 2. The van der Waals surface area contributed by atoms with Gasteiger partial charge in [0.25, 0.3) is 0 Å². The van der Waals surface area contributed by atoms with Gasteiger partial charge in [0, 0.05) is 67.2 Å². The van der Waals surface area contributed by atoms with Crippen molar-refractivity contribution in [3.63, 3.8) is 0 Å². The van der Waals surface area contributed by atoms with Crippen LogP contribution in [0.1, 0.15) is 30.0 Å². The smallest absolute Gasteiger partial charge is 0.159 e. The van der Waals surface area contributed by atoms with Gasteiger partial charge in [0.15, 0.2) is 5.58 Å². The molecular formula is C55H42N2O3. The van der Waals surface area contributed by atoms with Crippen molar-refractivity contribution < 1.29 is 13.9 Å². The Hall–Kier alpha value is -7.50. The monoisotopic (exact) mass is 778 g/mol. The second-order valence-corrected chi connectivity index (χ2v) is 16.1. The summed E-state index contributed by atoms with van der Waals surface area (Å²) in [6.07, 6.45) is 5.03. The van der Waals surface area contributed by atoms with Crippen molar-refractivity contribution in [1.82, 2.24) is 0 Å². The van der Waals surface area contributed by atoms with E-state index in [9.17, 15) is 5.11 Å². The highest BCUT2D eigenvalue weighted by Crippen LogP contribution is 2.48. The molecular weight excluding hydrogens is 737 g/mol. The summed E-state index contributed by atoms with van der Waals surface area (Å²) in [7, 11) is 0. The minimum Gasteiger partial charge on any atom is -0.511 e. The fourth-order valence-electron chi connectivity index (χ4n) is 8.99. The third-order valence-electron chi connectivity index (χ3n) is 12.1. The molecule has 1 unspecified atom stereocenters. The molecule has 1 atom stereocenters. The van der Waals surface area contributed by atoms with Crippen LogP contribution in [0.4, 0.5) is 34.1 Å². The lowest BCUT2D eigenvalue weighted by atomic mass is 9.91. The van der Waals surface area contributed by atoms with Gasteiger partial charge in [-0.2, -0.15) is 0 Å². The van der Waals surface area contributed by atoms with Crippen molar-refractivity contribution in [3.8, 4) is 0 Å². The highest BCUT2D eigenvalue weighted by atomic mass is 16.3.